The molecule has 2 atom stereocenters. The fourth-order valence-corrected chi connectivity index (χ4v) is 6.61. The first kappa shape index (κ1) is 21.8. The number of rotatable bonds is 8. The van der Waals surface area contributed by atoms with Crippen LogP contribution in [0.25, 0.3) is 0 Å². The van der Waals surface area contributed by atoms with Crippen LogP contribution in [0.2, 0.25) is 0 Å². The van der Waals surface area contributed by atoms with Gasteiger partial charge in [0, 0.05) is 17.5 Å². The highest BCUT2D eigenvalue weighted by Gasteiger charge is 2.40. The Balaban J connectivity index is 1.58. The third-order valence-corrected chi connectivity index (χ3v) is 8.58. The zero-order chi connectivity index (χ0) is 21.0. The summed E-state index contributed by atoms with van der Waals surface area (Å²) in [4.78, 5) is 13.8. The van der Waals surface area contributed by atoms with E-state index in [0.29, 0.717) is 23.6 Å². The van der Waals surface area contributed by atoms with Gasteiger partial charge in [0.25, 0.3) is 10.0 Å². The minimum atomic E-state index is -3.63. The van der Waals surface area contributed by atoms with Gasteiger partial charge in [0.2, 0.25) is 5.91 Å². The fourth-order valence-electron chi connectivity index (χ4n) is 3.54. The molecule has 1 aliphatic heterocycles. The largest absolute Gasteiger partial charge is 0.497 e. The Morgan fingerprint density at radius 1 is 1.28 bits per heavy atom. The van der Waals surface area contributed by atoms with Gasteiger partial charge in [-0.25, -0.2) is 8.42 Å². The normalized spacial score (nSPS) is 18.5. The van der Waals surface area contributed by atoms with E-state index in [1.165, 1.54) is 21.2 Å². The molecule has 1 saturated heterocycles. The lowest BCUT2D eigenvalue weighted by Crippen LogP contribution is -2.48. The molecule has 0 bridgehead atoms. The molecule has 2 heterocycles. The molecule has 1 N–H and O–H groups in total. The molecule has 1 aromatic heterocycles. The van der Waals surface area contributed by atoms with Crippen LogP contribution < -0.4 is 10.1 Å². The summed E-state index contributed by atoms with van der Waals surface area (Å²) in [5.41, 5.74) is 1.17. The van der Waals surface area contributed by atoms with Crippen molar-refractivity contribution in [3.63, 3.8) is 0 Å². The van der Waals surface area contributed by atoms with Crippen LogP contribution in [0.3, 0.4) is 0 Å². The molecule has 158 valence electrons. The predicted molar refractivity (Wildman–Crippen MR) is 115 cm³/mol. The van der Waals surface area contributed by atoms with Crippen molar-refractivity contribution >= 4 is 27.3 Å². The molecule has 0 saturated carbocycles. The summed E-state index contributed by atoms with van der Waals surface area (Å²) in [6, 6.07) is 10.6. The monoisotopic (exact) mass is 436 g/mol. The van der Waals surface area contributed by atoms with E-state index in [-0.39, 0.29) is 11.9 Å². The molecule has 0 spiro atoms. The van der Waals surface area contributed by atoms with Gasteiger partial charge < -0.3 is 10.1 Å². The standard InChI is InChI=1S/C21H28N2O4S2/c1-15(6-8-17-9-11-18(27-3)12-10-17)22-21(24)19-5-4-14-23(19)29(25,26)20-13-7-16(2)28-20/h7,9-13,15,19H,4-6,8,14H2,1-3H3,(H,22,24). The Bertz CT molecular complexity index is 938. The number of nitrogens with one attached hydrogen (secondary N) is 1. The van der Waals surface area contributed by atoms with Crippen molar-refractivity contribution in [1.82, 2.24) is 9.62 Å². The first-order valence-electron chi connectivity index (χ1n) is 9.83. The number of carbonyl (C=O) groups is 1. The molecule has 1 aromatic carbocycles. The first-order valence-corrected chi connectivity index (χ1v) is 12.1. The lowest BCUT2D eigenvalue weighted by Gasteiger charge is -2.24. The molecule has 0 radical (unpaired) electrons. The Labute approximate surface area is 176 Å². The lowest BCUT2D eigenvalue weighted by molar-refractivity contribution is -0.124. The molecule has 6 nitrogen and oxygen atoms in total. The second kappa shape index (κ2) is 9.28. The van der Waals surface area contributed by atoms with Gasteiger partial charge in [0.15, 0.2) is 0 Å². The predicted octanol–water partition coefficient (Wildman–Crippen LogP) is 3.36. The molecule has 0 aliphatic carbocycles. The number of carbonyl (C=O) groups excluding carboxylic acids is 1. The molecule has 1 aliphatic rings. The van der Waals surface area contributed by atoms with Gasteiger partial charge in [-0.15, -0.1) is 11.3 Å². The van der Waals surface area contributed by atoms with Crippen LogP contribution in [0.5, 0.6) is 5.75 Å². The van der Waals surface area contributed by atoms with Crippen molar-refractivity contribution in [1.29, 1.82) is 0 Å². The van der Waals surface area contributed by atoms with Crippen LogP contribution in [0.15, 0.2) is 40.6 Å². The second-order valence-electron chi connectivity index (χ2n) is 7.44. The molecule has 29 heavy (non-hydrogen) atoms. The van der Waals surface area contributed by atoms with Gasteiger partial charge >= 0.3 is 0 Å². The van der Waals surface area contributed by atoms with Gasteiger partial charge in [-0.2, -0.15) is 4.31 Å². The third kappa shape index (κ3) is 5.18. The molecule has 2 aromatic rings. The fraction of sp³-hybridized carbons (Fsp3) is 0.476. The van der Waals surface area contributed by atoms with E-state index in [1.54, 1.807) is 19.2 Å². The quantitative estimate of drug-likeness (QED) is 0.689. The van der Waals surface area contributed by atoms with Crippen molar-refractivity contribution in [3.05, 3.63) is 46.8 Å². The maximum Gasteiger partial charge on any atom is 0.253 e. The number of nitrogens with zero attached hydrogens (tertiary/aromatic N) is 1. The number of aryl methyl sites for hydroxylation is 2. The van der Waals surface area contributed by atoms with Gasteiger partial charge in [-0.05, 0) is 69.4 Å². The molecular weight excluding hydrogens is 408 g/mol. The number of amides is 1. The van der Waals surface area contributed by atoms with Crippen LogP contribution in [-0.4, -0.2) is 44.4 Å². The van der Waals surface area contributed by atoms with Crippen LogP contribution >= 0.6 is 11.3 Å². The molecular formula is C21H28N2O4S2. The number of hydrogen-bond acceptors (Lipinski definition) is 5. The summed E-state index contributed by atoms with van der Waals surface area (Å²) in [5, 5.41) is 3.01. The maximum atomic E-state index is 13.0. The van der Waals surface area contributed by atoms with Crippen molar-refractivity contribution in [2.45, 2.75) is 55.8 Å². The Morgan fingerprint density at radius 2 is 2.00 bits per heavy atom. The van der Waals surface area contributed by atoms with Crippen LogP contribution in [-0.2, 0) is 21.2 Å². The number of methoxy groups -OCH3 is 1. The number of thiophene rings is 1. The summed E-state index contributed by atoms with van der Waals surface area (Å²) in [7, 11) is -1.99. The van der Waals surface area contributed by atoms with Crippen LogP contribution in [0, 0.1) is 6.92 Å². The highest BCUT2D eigenvalue weighted by Crippen LogP contribution is 2.30. The molecule has 8 heteroatoms. The maximum absolute atomic E-state index is 13.0. The van der Waals surface area contributed by atoms with Crippen LogP contribution in [0.1, 0.15) is 36.6 Å². The summed E-state index contributed by atoms with van der Waals surface area (Å²) in [6.07, 6.45) is 2.86. The highest BCUT2D eigenvalue weighted by atomic mass is 32.2. The van der Waals surface area contributed by atoms with Crippen molar-refractivity contribution in [2.24, 2.45) is 0 Å². The van der Waals surface area contributed by atoms with Gasteiger partial charge in [0.05, 0.1) is 7.11 Å². The number of hydrogen-bond donors (Lipinski definition) is 1. The zero-order valence-corrected chi connectivity index (χ0v) is 18.7. The molecule has 1 amide bonds. The van der Waals surface area contributed by atoms with Crippen molar-refractivity contribution < 1.29 is 17.9 Å². The first-order chi connectivity index (χ1) is 13.8. The summed E-state index contributed by atoms with van der Waals surface area (Å²) in [6.45, 7) is 4.22. The summed E-state index contributed by atoms with van der Waals surface area (Å²) >= 11 is 1.25. The van der Waals surface area contributed by atoms with Crippen LogP contribution in [0.4, 0.5) is 0 Å². The minimum Gasteiger partial charge on any atom is -0.497 e. The van der Waals surface area contributed by atoms with E-state index in [4.69, 9.17) is 4.74 Å². The Kier molecular flexibility index (Phi) is 6.97. The van der Waals surface area contributed by atoms with Gasteiger partial charge in [0.1, 0.15) is 16.0 Å². The molecule has 3 rings (SSSR count). The molecule has 1 fully saturated rings. The Morgan fingerprint density at radius 3 is 2.62 bits per heavy atom. The average molecular weight is 437 g/mol. The van der Waals surface area contributed by atoms with E-state index < -0.39 is 16.1 Å². The number of benzene rings is 1. The van der Waals surface area contributed by atoms with E-state index in [9.17, 15) is 13.2 Å². The second-order valence-corrected chi connectivity index (χ2v) is 10.8. The van der Waals surface area contributed by atoms with Crippen molar-refractivity contribution in [3.8, 4) is 5.75 Å². The zero-order valence-electron chi connectivity index (χ0n) is 17.1. The minimum absolute atomic E-state index is 0.0428. The number of ether oxygens (including phenoxy) is 1. The van der Waals surface area contributed by atoms with Gasteiger partial charge in [-0.3, -0.25) is 4.79 Å². The van der Waals surface area contributed by atoms with E-state index in [2.05, 4.69) is 5.32 Å². The molecule has 2 unspecified atom stereocenters. The summed E-state index contributed by atoms with van der Waals surface area (Å²) in [5.74, 6) is 0.611. The average Bonchev–Trinajstić information content (AvgIpc) is 3.36. The van der Waals surface area contributed by atoms with Crippen molar-refractivity contribution in [2.75, 3.05) is 13.7 Å². The van der Waals surface area contributed by atoms with E-state index >= 15 is 0 Å². The topological polar surface area (TPSA) is 75.7 Å². The smallest absolute Gasteiger partial charge is 0.253 e. The van der Waals surface area contributed by atoms with Gasteiger partial charge in [-0.1, -0.05) is 12.1 Å². The Hall–Kier alpha value is -1.90. The van der Waals surface area contributed by atoms with E-state index in [0.717, 1.165) is 23.5 Å². The SMILES string of the molecule is COc1ccc(CCC(C)NC(=O)C2CCCN2S(=O)(=O)c2ccc(C)s2)cc1. The highest BCUT2D eigenvalue weighted by molar-refractivity contribution is 7.91. The summed E-state index contributed by atoms with van der Waals surface area (Å²) < 4.78 is 32.8. The number of sulfonamides is 1. The third-order valence-electron chi connectivity index (χ3n) is 5.20. The van der Waals surface area contributed by atoms with E-state index in [1.807, 2.05) is 38.1 Å². The lowest BCUT2D eigenvalue weighted by atomic mass is 10.1.